The average molecular weight is 221 g/mol. The third kappa shape index (κ3) is 2.56. The summed E-state index contributed by atoms with van der Waals surface area (Å²) in [4.78, 5) is 2.59. The number of nitrogens with zero attached hydrogens (tertiary/aromatic N) is 2. The second-order valence-electron chi connectivity index (χ2n) is 5.72. The summed E-state index contributed by atoms with van der Waals surface area (Å²) < 4.78 is 0. The molecule has 1 saturated heterocycles. The molecule has 3 atom stereocenters. The molecule has 2 fully saturated rings. The smallest absolute Gasteiger partial charge is 0.102 e. The van der Waals surface area contributed by atoms with E-state index in [-0.39, 0.29) is 0 Å². The van der Waals surface area contributed by atoms with E-state index in [2.05, 4.69) is 11.0 Å². The Kier molecular flexibility index (Phi) is 3.51. The molecule has 0 aromatic carbocycles. The first-order chi connectivity index (χ1) is 7.62. The second-order valence-corrected chi connectivity index (χ2v) is 5.72. The van der Waals surface area contributed by atoms with Crippen molar-refractivity contribution in [1.29, 1.82) is 5.26 Å². The van der Waals surface area contributed by atoms with E-state index >= 15 is 0 Å². The fourth-order valence-corrected chi connectivity index (χ4v) is 3.27. The van der Waals surface area contributed by atoms with Crippen LogP contribution in [0, 0.1) is 17.2 Å². The maximum absolute atomic E-state index is 8.92. The van der Waals surface area contributed by atoms with E-state index in [0.29, 0.717) is 0 Å². The first-order valence-electron chi connectivity index (χ1n) is 6.56. The van der Waals surface area contributed by atoms with Crippen molar-refractivity contribution in [2.45, 2.75) is 57.0 Å². The molecule has 3 heteroatoms. The van der Waals surface area contributed by atoms with Crippen molar-refractivity contribution in [3.63, 3.8) is 0 Å². The molecule has 2 aliphatic rings. The Labute approximate surface area is 98.6 Å². The SMILES string of the molecule is CC(N)(C#N)CCN1CCCC2CCCC21. The van der Waals surface area contributed by atoms with E-state index in [1.807, 2.05) is 6.92 Å². The van der Waals surface area contributed by atoms with Gasteiger partial charge < -0.3 is 10.6 Å². The van der Waals surface area contributed by atoms with Crippen LogP contribution in [0.15, 0.2) is 0 Å². The molecule has 0 amide bonds. The summed E-state index contributed by atoms with van der Waals surface area (Å²) in [5.41, 5.74) is 5.24. The molecule has 0 aromatic rings. The minimum absolute atomic E-state index is 0.647. The number of piperidine rings is 1. The summed E-state index contributed by atoms with van der Waals surface area (Å²) in [6.45, 7) is 4.05. The Balaban J connectivity index is 1.87. The predicted octanol–water partition coefficient (Wildman–Crippen LogP) is 1.88. The van der Waals surface area contributed by atoms with Gasteiger partial charge in [0.1, 0.15) is 5.54 Å². The van der Waals surface area contributed by atoms with E-state index in [1.54, 1.807) is 0 Å². The van der Waals surface area contributed by atoms with Gasteiger partial charge in [-0.25, -0.2) is 0 Å². The van der Waals surface area contributed by atoms with Crippen molar-refractivity contribution in [3.05, 3.63) is 0 Å². The Morgan fingerprint density at radius 3 is 2.88 bits per heavy atom. The lowest BCUT2D eigenvalue weighted by molar-refractivity contribution is 0.107. The highest BCUT2D eigenvalue weighted by molar-refractivity contribution is 5.02. The molecule has 1 aliphatic heterocycles. The van der Waals surface area contributed by atoms with E-state index in [9.17, 15) is 0 Å². The fraction of sp³-hybridized carbons (Fsp3) is 0.923. The zero-order chi connectivity index (χ0) is 11.6. The van der Waals surface area contributed by atoms with Crippen molar-refractivity contribution in [3.8, 4) is 6.07 Å². The van der Waals surface area contributed by atoms with Crippen LogP contribution in [0.1, 0.15) is 45.4 Å². The van der Waals surface area contributed by atoms with Crippen LogP contribution in [-0.2, 0) is 0 Å². The normalized spacial score (nSPS) is 34.1. The molecule has 1 heterocycles. The summed E-state index contributed by atoms with van der Waals surface area (Å²) in [6.07, 6.45) is 7.71. The van der Waals surface area contributed by atoms with Gasteiger partial charge in [-0.3, -0.25) is 0 Å². The van der Waals surface area contributed by atoms with Gasteiger partial charge in [0, 0.05) is 12.6 Å². The average Bonchev–Trinajstić information content (AvgIpc) is 2.75. The lowest BCUT2D eigenvalue weighted by Gasteiger charge is -2.38. The monoisotopic (exact) mass is 221 g/mol. The molecular weight excluding hydrogens is 198 g/mol. The molecule has 2 N–H and O–H groups in total. The Morgan fingerprint density at radius 1 is 1.38 bits per heavy atom. The van der Waals surface area contributed by atoms with E-state index < -0.39 is 5.54 Å². The van der Waals surface area contributed by atoms with Gasteiger partial charge in [0.2, 0.25) is 0 Å². The molecule has 2 rings (SSSR count). The van der Waals surface area contributed by atoms with E-state index in [4.69, 9.17) is 11.0 Å². The molecule has 0 bridgehead atoms. The highest BCUT2D eigenvalue weighted by Gasteiger charge is 2.35. The molecule has 16 heavy (non-hydrogen) atoms. The standard InChI is InChI=1S/C13H23N3/c1-13(15,10-14)7-9-16-8-3-5-11-4-2-6-12(11)16/h11-12H,2-9,15H2,1H3. The minimum Gasteiger partial charge on any atom is -0.314 e. The van der Waals surface area contributed by atoms with Crippen LogP contribution in [0.5, 0.6) is 0 Å². The summed E-state index contributed by atoms with van der Waals surface area (Å²) in [6, 6.07) is 2.99. The molecule has 0 spiro atoms. The zero-order valence-electron chi connectivity index (χ0n) is 10.3. The first-order valence-corrected chi connectivity index (χ1v) is 6.56. The minimum atomic E-state index is -0.647. The molecule has 1 saturated carbocycles. The zero-order valence-corrected chi connectivity index (χ0v) is 10.3. The summed E-state index contributed by atoms with van der Waals surface area (Å²) >= 11 is 0. The molecular formula is C13H23N3. The third-order valence-electron chi connectivity index (χ3n) is 4.28. The van der Waals surface area contributed by atoms with Crippen molar-refractivity contribution in [2.24, 2.45) is 11.7 Å². The number of nitriles is 1. The molecule has 0 radical (unpaired) electrons. The molecule has 3 nitrogen and oxygen atoms in total. The lowest BCUT2D eigenvalue weighted by Crippen LogP contribution is -2.46. The molecule has 90 valence electrons. The van der Waals surface area contributed by atoms with Crippen LogP contribution in [-0.4, -0.2) is 29.6 Å². The second kappa shape index (κ2) is 4.73. The largest absolute Gasteiger partial charge is 0.314 e. The topological polar surface area (TPSA) is 53.1 Å². The summed E-state index contributed by atoms with van der Waals surface area (Å²) in [5, 5.41) is 8.92. The number of rotatable bonds is 3. The number of hydrogen-bond acceptors (Lipinski definition) is 3. The fourth-order valence-electron chi connectivity index (χ4n) is 3.27. The van der Waals surface area contributed by atoms with E-state index in [0.717, 1.165) is 24.9 Å². The van der Waals surface area contributed by atoms with Crippen molar-refractivity contribution >= 4 is 0 Å². The predicted molar refractivity (Wildman–Crippen MR) is 64.8 cm³/mol. The van der Waals surface area contributed by atoms with Gasteiger partial charge >= 0.3 is 0 Å². The van der Waals surface area contributed by atoms with Gasteiger partial charge in [-0.1, -0.05) is 6.42 Å². The maximum Gasteiger partial charge on any atom is 0.102 e. The van der Waals surface area contributed by atoms with Gasteiger partial charge in [-0.15, -0.1) is 0 Å². The first kappa shape index (κ1) is 11.9. The van der Waals surface area contributed by atoms with Gasteiger partial charge in [0.15, 0.2) is 0 Å². The van der Waals surface area contributed by atoms with Gasteiger partial charge in [0.25, 0.3) is 0 Å². The Morgan fingerprint density at radius 2 is 2.12 bits per heavy atom. The Bertz CT molecular complexity index is 279. The number of fused-ring (bicyclic) bond motifs is 1. The number of hydrogen-bond donors (Lipinski definition) is 1. The van der Waals surface area contributed by atoms with Crippen LogP contribution in [0.2, 0.25) is 0 Å². The van der Waals surface area contributed by atoms with Gasteiger partial charge in [0.05, 0.1) is 6.07 Å². The van der Waals surface area contributed by atoms with Crippen molar-refractivity contribution in [1.82, 2.24) is 4.90 Å². The highest BCUT2D eigenvalue weighted by atomic mass is 15.2. The van der Waals surface area contributed by atoms with Crippen LogP contribution < -0.4 is 5.73 Å². The summed E-state index contributed by atoms with van der Waals surface area (Å²) in [5.74, 6) is 0.930. The maximum atomic E-state index is 8.92. The summed E-state index contributed by atoms with van der Waals surface area (Å²) in [7, 11) is 0. The molecule has 0 aromatic heterocycles. The van der Waals surface area contributed by atoms with Crippen LogP contribution in [0.3, 0.4) is 0 Å². The van der Waals surface area contributed by atoms with Gasteiger partial charge in [-0.2, -0.15) is 5.26 Å². The van der Waals surface area contributed by atoms with Gasteiger partial charge in [-0.05, 0) is 51.5 Å². The third-order valence-corrected chi connectivity index (χ3v) is 4.28. The van der Waals surface area contributed by atoms with Crippen molar-refractivity contribution < 1.29 is 0 Å². The highest BCUT2D eigenvalue weighted by Crippen LogP contribution is 2.36. The van der Waals surface area contributed by atoms with Crippen LogP contribution in [0.4, 0.5) is 0 Å². The van der Waals surface area contributed by atoms with Crippen LogP contribution in [0.25, 0.3) is 0 Å². The quantitative estimate of drug-likeness (QED) is 0.791. The van der Waals surface area contributed by atoms with Crippen molar-refractivity contribution in [2.75, 3.05) is 13.1 Å². The van der Waals surface area contributed by atoms with Crippen LogP contribution >= 0.6 is 0 Å². The Hall–Kier alpha value is -0.590. The lowest BCUT2D eigenvalue weighted by atomic mass is 9.91. The molecule has 3 unspecified atom stereocenters. The number of likely N-dealkylation sites (tertiary alicyclic amines) is 1. The van der Waals surface area contributed by atoms with E-state index in [1.165, 1.54) is 38.6 Å². The molecule has 1 aliphatic carbocycles. The number of nitrogens with two attached hydrogens (primary N) is 1.